The zero-order valence-electron chi connectivity index (χ0n) is 6.99. The van der Waals surface area contributed by atoms with Gasteiger partial charge in [0.05, 0.1) is 17.2 Å². The number of aromatic nitrogens is 2. The monoisotopic (exact) mass is 238 g/mol. The molecule has 1 aromatic carbocycles. The van der Waals surface area contributed by atoms with Crippen LogP contribution in [0.5, 0.6) is 0 Å². The summed E-state index contributed by atoms with van der Waals surface area (Å²) in [6.45, 7) is 0. The number of hydrogen-bond donors (Lipinski definition) is 0. The van der Waals surface area contributed by atoms with Gasteiger partial charge in [-0.15, -0.1) is 0 Å². The van der Waals surface area contributed by atoms with Crippen LogP contribution >= 0.6 is 15.9 Å². The lowest BCUT2D eigenvalue weighted by molar-refractivity contribution is 0.889. The topological polar surface area (TPSA) is 34.9 Å². The normalized spacial score (nSPS) is 10.6. The van der Waals surface area contributed by atoms with Gasteiger partial charge in [-0.2, -0.15) is 0 Å². The predicted molar refractivity (Wildman–Crippen MR) is 54.7 cm³/mol. The standard InChI is InChI=1S/C9H7BrN2O/c1-12-8(13)5-11-7-4-2-3-6(10)9(7)12/h2-5H,1H3. The van der Waals surface area contributed by atoms with E-state index in [-0.39, 0.29) is 5.56 Å². The van der Waals surface area contributed by atoms with Gasteiger partial charge in [-0.25, -0.2) is 4.98 Å². The molecule has 13 heavy (non-hydrogen) atoms. The van der Waals surface area contributed by atoms with Crippen molar-refractivity contribution in [3.63, 3.8) is 0 Å². The third-order valence-electron chi connectivity index (χ3n) is 1.95. The third-order valence-corrected chi connectivity index (χ3v) is 2.59. The largest absolute Gasteiger partial charge is 0.308 e. The average molecular weight is 239 g/mol. The van der Waals surface area contributed by atoms with Crippen molar-refractivity contribution in [2.75, 3.05) is 0 Å². The van der Waals surface area contributed by atoms with Crippen LogP contribution in [0, 0.1) is 0 Å². The highest BCUT2D eigenvalue weighted by Gasteiger charge is 2.02. The second-order valence-corrected chi connectivity index (χ2v) is 3.62. The van der Waals surface area contributed by atoms with E-state index < -0.39 is 0 Å². The molecule has 0 N–H and O–H groups in total. The SMILES string of the molecule is Cn1c(=O)cnc2cccc(Br)c21. The van der Waals surface area contributed by atoms with Gasteiger partial charge < -0.3 is 4.57 Å². The third kappa shape index (κ3) is 1.27. The molecule has 0 aliphatic carbocycles. The van der Waals surface area contributed by atoms with Crippen LogP contribution in [0.1, 0.15) is 0 Å². The molecule has 3 nitrogen and oxygen atoms in total. The molecular formula is C9H7BrN2O. The predicted octanol–water partition coefficient (Wildman–Crippen LogP) is 1.70. The van der Waals surface area contributed by atoms with Crippen LogP contribution in [-0.2, 0) is 7.05 Å². The summed E-state index contributed by atoms with van der Waals surface area (Å²) in [5.74, 6) is 0. The molecule has 0 radical (unpaired) electrons. The summed E-state index contributed by atoms with van der Waals surface area (Å²) < 4.78 is 2.46. The zero-order valence-corrected chi connectivity index (χ0v) is 8.58. The number of halogens is 1. The Morgan fingerprint density at radius 3 is 3.00 bits per heavy atom. The number of benzene rings is 1. The summed E-state index contributed by atoms with van der Waals surface area (Å²) in [5, 5.41) is 0. The van der Waals surface area contributed by atoms with E-state index in [1.54, 1.807) is 11.6 Å². The molecular weight excluding hydrogens is 232 g/mol. The Kier molecular flexibility index (Phi) is 1.92. The van der Waals surface area contributed by atoms with Gasteiger partial charge >= 0.3 is 0 Å². The molecule has 66 valence electrons. The summed E-state index contributed by atoms with van der Waals surface area (Å²) in [5.41, 5.74) is 1.55. The van der Waals surface area contributed by atoms with E-state index in [0.717, 1.165) is 15.5 Å². The first-order chi connectivity index (χ1) is 6.20. The second-order valence-electron chi connectivity index (χ2n) is 2.76. The van der Waals surface area contributed by atoms with Gasteiger partial charge in [0, 0.05) is 11.5 Å². The van der Waals surface area contributed by atoms with E-state index in [1.165, 1.54) is 6.20 Å². The van der Waals surface area contributed by atoms with Gasteiger partial charge in [0.2, 0.25) is 0 Å². The van der Waals surface area contributed by atoms with Crippen molar-refractivity contribution in [2.45, 2.75) is 0 Å². The molecule has 0 saturated carbocycles. The van der Waals surface area contributed by atoms with E-state index in [1.807, 2.05) is 18.2 Å². The first-order valence-corrected chi connectivity index (χ1v) is 4.60. The Morgan fingerprint density at radius 1 is 1.46 bits per heavy atom. The van der Waals surface area contributed by atoms with Crippen molar-refractivity contribution in [1.82, 2.24) is 9.55 Å². The lowest BCUT2D eigenvalue weighted by Crippen LogP contribution is -2.16. The molecule has 0 saturated heterocycles. The van der Waals surface area contributed by atoms with Crippen LogP contribution < -0.4 is 5.56 Å². The van der Waals surface area contributed by atoms with Gasteiger partial charge in [-0.3, -0.25) is 4.79 Å². The second kappa shape index (κ2) is 2.96. The number of aryl methyl sites for hydroxylation is 1. The minimum absolute atomic E-state index is 0.0978. The zero-order chi connectivity index (χ0) is 9.42. The highest BCUT2D eigenvalue weighted by molar-refractivity contribution is 9.10. The fourth-order valence-electron chi connectivity index (χ4n) is 1.26. The molecule has 2 rings (SSSR count). The maximum absolute atomic E-state index is 11.3. The van der Waals surface area contributed by atoms with Crippen LogP contribution in [0.25, 0.3) is 11.0 Å². The molecule has 0 aliphatic rings. The van der Waals surface area contributed by atoms with Crippen molar-refractivity contribution < 1.29 is 0 Å². The van der Waals surface area contributed by atoms with Gasteiger partial charge in [-0.05, 0) is 28.1 Å². The number of fused-ring (bicyclic) bond motifs is 1. The van der Waals surface area contributed by atoms with Crippen molar-refractivity contribution >= 4 is 27.0 Å². The fraction of sp³-hybridized carbons (Fsp3) is 0.111. The van der Waals surface area contributed by atoms with E-state index in [4.69, 9.17) is 0 Å². The smallest absolute Gasteiger partial charge is 0.269 e. The molecule has 2 aromatic rings. The summed E-state index contributed by atoms with van der Waals surface area (Å²) in [6, 6.07) is 5.66. The Bertz CT molecular complexity index is 518. The number of hydrogen-bond acceptors (Lipinski definition) is 2. The van der Waals surface area contributed by atoms with Crippen molar-refractivity contribution in [2.24, 2.45) is 7.05 Å². The molecule has 0 fully saturated rings. The Balaban J connectivity index is 3.05. The molecule has 1 aromatic heterocycles. The maximum atomic E-state index is 11.3. The van der Waals surface area contributed by atoms with Crippen molar-refractivity contribution in [3.05, 3.63) is 39.2 Å². The van der Waals surface area contributed by atoms with E-state index in [0.29, 0.717) is 0 Å². The molecule has 0 amide bonds. The minimum Gasteiger partial charge on any atom is -0.308 e. The molecule has 0 atom stereocenters. The summed E-state index contributed by atoms with van der Waals surface area (Å²) in [6.07, 6.45) is 1.33. The van der Waals surface area contributed by atoms with Crippen LogP contribution in [0.15, 0.2) is 33.7 Å². The fourth-order valence-corrected chi connectivity index (χ4v) is 1.88. The van der Waals surface area contributed by atoms with E-state index in [2.05, 4.69) is 20.9 Å². The van der Waals surface area contributed by atoms with Crippen LogP contribution in [0.2, 0.25) is 0 Å². The number of nitrogens with zero attached hydrogens (tertiary/aromatic N) is 2. The number of para-hydroxylation sites is 1. The van der Waals surface area contributed by atoms with Crippen LogP contribution in [0.4, 0.5) is 0 Å². The summed E-state index contributed by atoms with van der Waals surface area (Å²) in [4.78, 5) is 15.3. The van der Waals surface area contributed by atoms with E-state index >= 15 is 0 Å². The summed E-state index contributed by atoms with van der Waals surface area (Å²) >= 11 is 3.38. The molecule has 0 bridgehead atoms. The van der Waals surface area contributed by atoms with Crippen molar-refractivity contribution in [3.8, 4) is 0 Å². The molecule has 0 aliphatic heterocycles. The first kappa shape index (κ1) is 8.44. The van der Waals surface area contributed by atoms with Crippen LogP contribution in [0.3, 0.4) is 0 Å². The van der Waals surface area contributed by atoms with E-state index in [9.17, 15) is 4.79 Å². The van der Waals surface area contributed by atoms with Gasteiger partial charge in [0.1, 0.15) is 0 Å². The Labute approximate surface area is 83.2 Å². The first-order valence-electron chi connectivity index (χ1n) is 3.80. The maximum Gasteiger partial charge on any atom is 0.269 e. The van der Waals surface area contributed by atoms with Crippen molar-refractivity contribution in [1.29, 1.82) is 0 Å². The quantitative estimate of drug-likeness (QED) is 0.701. The Hall–Kier alpha value is -1.16. The lowest BCUT2D eigenvalue weighted by Gasteiger charge is -2.04. The summed E-state index contributed by atoms with van der Waals surface area (Å²) in [7, 11) is 1.73. The number of rotatable bonds is 0. The van der Waals surface area contributed by atoms with Gasteiger partial charge in [-0.1, -0.05) is 6.07 Å². The molecule has 0 unspecified atom stereocenters. The highest BCUT2D eigenvalue weighted by Crippen LogP contribution is 2.19. The minimum atomic E-state index is -0.0978. The van der Waals surface area contributed by atoms with Crippen LogP contribution in [-0.4, -0.2) is 9.55 Å². The lowest BCUT2D eigenvalue weighted by atomic mass is 10.3. The van der Waals surface area contributed by atoms with Gasteiger partial charge in [0.25, 0.3) is 5.56 Å². The molecule has 0 spiro atoms. The highest BCUT2D eigenvalue weighted by atomic mass is 79.9. The molecule has 1 heterocycles. The average Bonchev–Trinajstić information content (AvgIpc) is 2.12. The Morgan fingerprint density at radius 2 is 2.23 bits per heavy atom. The molecule has 4 heteroatoms. The van der Waals surface area contributed by atoms with Gasteiger partial charge in [0.15, 0.2) is 0 Å².